The molecule has 0 saturated carbocycles. The molecule has 1 N–H and O–H groups in total. The fourth-order valence-electron chi connectivity index (χ4n) is 2.45. The molecule has 0 fully saturated rings. The van der Waals surface area contributed by atoms with E-state index in [4.69, 9.17) is 4.74 Å². The number of aryl methyl sites for hydroxylation is 1. The van der Waals surface area contributed by atoms with E-state index in [1.165, 1.54) is 15.3 Å². The molecule has 0 aliphatic rings. The predicted octanol–water partition coefficient (Wildman–Crippen LogP) is 3.87. The molecule has 2 rings (SSSR count). The summed E-state index contributed by atoms with van der Waals surface area (Å²) in [5.74, 6) is 0.520. The van der Waals surface area contributed by atoms with Crippen LogP contribution in [0.25, 0.3) is 0 Å². The van der Waals surface area contributed by atoms with Gasteiger partial charge < -0.3 is 10.1 Å². The summed E-state index contributed by atoms with van der Waals surface area (Å²) in [5.41, 5.74) is 1.41. The van der Waals surface area contributed by atoms with Crippen LogP contribution in [0.5, 0.6) is 0 Å². The Labute approximate surface area is 132 Å². The second-order valence-corrected chi connectivity index (χ2v) is 6.48. The van der Waals surface area contributed by atoms with Crippen molar-refractivity contribution in [1.82, 2.24) is 5.32 Å². The average Bonchev–Trinajstić information content (AvgIpc) is 2.99. The molecule has 1 unspecified atom stereocenters. The number of hydrogen-bond donors (Lipinski definition) is 1. The van der Waals surface area contributed by atoms with Crippen molar-refractivity contribution < 1.29 is 4.74 Å². The molecule has 0 saturated heterocycles. The molecule has 3 heteroatoms. The maximum atomic E-state index is 5.11. The second-order valence-electron chi connectivity index (χ2n) is 5.23. The van der Waals surface area contributed by atoms with Crippen LogP contribution in [0.4, 0.5) is 0 Å². The highest BCUT2D eigenvalue weighted by atomic mass is 32.1. The highest BCUT2D eigenvalue weighted by Gasteiger charge is 2.13. The van der Waals surface area contributed by atoms with Gasteiger partial charge in [-0.3, -0.25) is 0 Å². The molecule has 0 aliphatic heterocycles. The van der Waals surface area contributed by atoms with E-state index in [1.54, 1.807) is 7.11 Å². The maximum Gasteiger partial charge on any atom is 0.0587 e. The minimum absolute atomic E-state index is 0.520. The number of thiophene rings is 1. The second kappa shape index (κ2) is 8.98. The van der Waals surface area contributed by atoms with Crippen LogP contribution in [0.3, 0.4) is 0 Å². The lowest BCUT2D eigenvalue weighted by Gasteiger charge is -2.17. The Balaban J connectivity index is 2.00. The Morgan fingerprint density at radius 1 is 1.10 bits per heavy atom. The summed E-state index contributed by atoms with van der Waals surface area (Å²) >= 11 is 1.95. The fraction of sp³-hybridized carbons (Fsp3) is 0.444. The van der Waals surface area contributed by atoms with Crippen LogP contribution in [0.1, 0.15) is 28.2 Å². The monoisotopic (exact) mass is 303 g/mol. The molecule has 114 valence electrons. The topological polar surface area (TPSA) is 21.3 Å². The van der Waals surface area contributed by atoms with E-state index in [1.807, 2.05) is 11.3 Å². The van der Waals surface area contributed by atoms with Gasteiger partial charge in [-0.05, 0) is 30.5 Å². The quantitative estimate of drug-likeness (QED) is 0.710. The summed E-state index contributed by atoms with van der Waals surface area (Å²) in [6.07, 6.45) is 2.24. The van der Waals surface area contributed by atoms with Crippen LogP contribution < -0.4 is 5.32 Å². The van der Waals surface area contributed by atoms with Crippen LogP contribution in [0, 0.1) is 0 Å². The molecule has 2 nitrogen and oxygen atoms in total. The highest BCUT2D eigenvalue weighted by Crippen LogP contribution is 2.25. The van der Waals surface area contributed by atoms with E-state index in [-0.39, 0.29) is 0 Å². The smallest absolute Gasteiger partial charge is 0.0587 e. The number of ether oxygens (including phenoxy) is 1. The number of benzene rings is 1. The average molecular weight is 303 g/mol. The SMILES string of the molecule is CCc1ccc(CC(CNCCOC)c2ccccc2)s1. The van der Waals surface area contributed by atoms with Crippen molar-refractivity contribution in [2.24, 2.45) is 0 Å². The zero-order chi connectivity index (χ0) is 14.9. The fourth-order valence-corrected chi connectivity index (χ4v) is 3.49. The van der Waals surface area contributed by atoms with Gasteiger partial charge in [-0.1, -0.05) is 37.3 Å². The third-order valence-electron chi connectivity index (χ3n) is 3.66. The van der Waals surface area contributed by atoms with Gasteiger partial charge in [0.05, 0.1) is 6.61 Å². The minimum Gasteiger partial charge on any atom is -0.383 e. The molecule has 0 radical (unpaired) electrons. The first kappa shape index (κ1) is 16.2. The van der Waals surface area contributed by atoms with Gasteiger partial charge in [0.25, 0.3) is 0 Å². The molecule has 1 aromatic carbocycles. The first-order chi connectivity index (χ1) is 10.3. The van der Waals surface area contributed by atoms with Crippen molar-refractivity contribution in [3.05, 3.63) is 57.8 Å². The van der Waals surface area contributed by atoms with Crippen molar-refractivity contribution in [1.29, 1.82) is 0 Å². The van der Waals surface area contributed by atoms with E-state index >= 15 is 0 Å². The molecule has 0 amide bonds. The molecule has 0 spiro atoms. The third-order valence-corrected chi connectivity index (χ3v) is 4.91. The molecule has 1 atom stereocenters. The van der Waals surface area contributed by atoms with Crippen molar-refractivity contribution >= 4 is 11.3 Å². The van der Waals surface area contributed by atoms with Crippen molar-refractivity contribution in [3.63, 3.8) is 0 Å². The minimum atomic E-state index is 0.520. The molecule has 1 heterocycles. The number of methoxy groups -OCH3 is 1. The van der Waals surface area contributed by atoms with Crippen molar-refractivity contribution in [2.45, 2.75) is 25.7 Å². The zero-order valence-corrected chi connectivity index (χ0v) is 13.8. The van der Waals surface area contributed by atoms with Gasteiger partial charge in [0.2, 0.25) is 0 Å². The lowest BCUT2D eigenvalue weighted by molar-refractivity contribution is 0.199. The zero-order valence-electron chi connectivity index (χ0n) is 13.0. The predicted molar refractivity (Wildman–Crippen MR) is 91.3 cm³/mol. The molecule has 1 aromatic heterocycles. The van der Waals surface area contributed by atoms with Crippen LogP contribution in [-0.2, 0) is 17.6 Å². The lowest BCUT2D eigenvalue weighted by Crippen LogP contribution is -2.26. The Morgan fingerprint density at radius 3 is 2.52 bits per heavy atom. The normalized spacial score (nSPS) is 12.5. The molecule has 0 bridgehead atoms. The van der Waals surface area contributed by atoms with Gasteiger partial charge in [0.1, 0.15) is 0 Å². The highest BCUT2D eigenvalue weighted by molar-refractivity contribution is 7.11. The Kier molecular flexibility index (Phi) is 6.93. The van der Waals surface area contributed by atoms with Crippen molar-refractivity contribution in [3.8, 4) is 0 Å². The first-order valence-corrected chi connectivity index (χ1v) is 8.47. The Morgan fingerprint density at radius 2 is 1.86 bits per heavy atom. The summed E-state index contributed by atoms with van der Waals surface area (Å²) in [4.78, 5) is 2.96. The van der Waals surface area contributed by atoms with Gasteiger partial charge in [-0.2, -0.15) is 0 Å². The van der Waals surface area contributed by atoms with Gasteiger partial charge in [-0.15, -0.1) is 11.3 Å². The Bertz CT molecular complexity index is 509. The summed E-state index contributed by atoms with van der Waals surface area (Å²) < 4.78 is 5.11. The van der Waals surface area contributed by atoms with E-state index in [0.29, 0.717) is 5.92 Å². The summed E-state index contributed by atoms with van der Waals surface area (Å²) in [6.45, 7) is 4.88. The Hall–Kier alpha value is -1.16. The largest absolute Gasteiger partial charge is 0.383 e. The van der Waals surface area contributed by atoms with Crippen LogP contribution in [-0.4, -0.2) is 26.8 Å². The molecular weight excluding hydrogens is 278 g/mol. The number of nitrogens with one attached hydrogen (secondary N) is 1. The van der Waals surface area contributed by atoms with Crippen LogP contribution in [0.2, 0.25) is 0 Å². The lowest BCUT2D eigenvalue weighted by atomic mass is 9.95. The van der Waals surface area contributed by atoms with Crippen LogP contribution >= 0.6 is 11.3 Å². The summed E-state index contributed by atoms with van der Waals surface area (Å²) in [7, 11) is 1.74. The van der Waals surface area contributed by atoms with Gasteiger partial charge in [0.15, 0.2) is 0 Å². The van der Waals surface area contributed by atoms with Gasteiger partial charge in [0, 0.05) is 35.9 Å². The standard InChI is InChI=1S/C18H25NOS/c1-3-17-9-10-18(21-17)13-16(14-19-11-12-20-2)15-7-5-4-6-8-15/h4-10,16,19H,3,11-14H2,1-2H3. The van der Waals surface area contributed by atoms with E-state index in [2.05, 4.69) is 54.7 Å². The van der Waals surface area contributed by atoms with E-state index in [0.717, 1.165) is 32.5 Å². The van der Waals surface area contributed by atoms with E-state index < -0.39 is 0 Å². The summed E-state index contributed by atoms with van der Waals surface area (Å²) in [5, 5.41) is 3.51. The van der Waals surface area contributed by atoms with Crippen molar-refractivity contribution in [2.75, 3.05) is 26.8 Å². The number of rotatable bonds is 9. The van der Waals surface area contributed by atoms with E-state index in [9.17, 15) is 0 Å². The van der Waals surface area contributed by atoms with Crippen LogP contribution in [0.15, 0.2) is 42.5 Å². The summed E-state index contributed by atoms with van der Waals surface area (Å²) in [6, 6.07) is 15.4. The third kappa shape index (κ3) is 5.27. The molecule has 0 aliphatic carbocycles. The van der Waals surface area contributed by atoms with Gasteiger partial charge >= 0.3 is 0 Å². The maximum absolute atomic E-state index is 5.11. The number of hydrogen-bond acceptors (Lipinski definition) is 3. The molecular formula is C18H25NOS. The molecule has 21 heavy (non-hydrogen) atoms. The van der Waals surface area contributed by atoms with Gasteiger partial charge in [-0.25, -0.2) is 0 Å². The first-order valence-electron chi connectivity index (χ1n) is 7.65. The molecule has 2 aromatic rings.